The maximum absolute atomic E-state index is 9.33. The van der Waals surface area contributed by atoms with Crippen LogP contribution < -0.4 is 40.2 Å². The van der Waals surface area contributed by atoms with Gasteiger partial charge in [0.15, 0.2) is 0 Å². The molecule has 1 spiro atoms. The third-order valence-electron chi connectivity index (χ3n) is 16.3. The fraction of sp³-hybridized carbons (Fsp3) is 0.189. The molecule has 9 aromatic carbocycles. The van der Waals surface area contributed by atoms with Crippen molar-refractivity contribution in [1.29, 1.82) is 0 Å². The Morgan fingerprint density at radius 3 is 1.72 bits per heavy atom. The Morgan fingerprint density at radius 2 is 1.07 bits per heavy atom. The molecule has 1 aromatic heterocycles. The molecule has 81 heavy (non-hydrogen) atoms. The Kier molecular flexibility index (Phi) is 11.9. The van der Waals surface area contributed by atoms with E-state index in [2.05, 4.69) is 224 Å². The molecule has 0 bridgehead atoms. The molecule has 3 aliphatic heterocycles. The topological polar surface area (TPSA) is 31.8 Å². The first-order valence-corrected chi connectivity index (χ1v) is 29.7. The first-order chi connectivity index (χ1) is 40.4. The Balaban J connectivity index is 0.00000724. The molecular formula is C74H67N4OPtSi-3. The van der Waals surface area contributed by atoms with E-state index in [-0.39, 0.29) is 55.0 Å². The van der Waals surface area contributed by atoms with Crippen LogP contribution in [0, 0.1) is 32.6 Å². The molecule has 0 radical (unpaired) electrons. The molecule has 0 atom stereocenters. The van der Waals surface area contributed by atoms with E-state index >= 15 is 0 Å². The van der Waals surface area contributed by atoms with Gasteiger partial charge in [-0.3, -0.25) is 0 Å². The summed E-state index contributed by atoms with van der Waals surface area (Å²) in [5, 5.41) is 5.25. The van der Waals surface area contributed by atoms with Crippen LogP contribution in [0.25, 0.3) is 33.4 Å². The number of rotatable bonds is 7. The third-order valence-corrected chi connectivity index (χ3v) is 21.1. The van der Waals surface area contributed by atoms with Gasteiger partial charge in [0.25, 0.3) is 0 Å². The van der Waals surface area contributed by atoms with Crippen molar-refractivity contribution in [3.63, 3.8) is 0 Å². The third kappa shape index (κ3) is 9.16. The van der Waals surface area contributed by atoms with E-state index in [9.17, 15) is 2.74 Å². The minimum absolute atomic E-state index is 0. The molecule has 0 saturated heterocycles. The van der Waals surface area contributed by atoms with Crippen LogP contribution in [-0.4, -0.2) is 13.1 Å². The first kappa shape index (κ1) is 48.0. The van der Waals surface area contributed by atoms with Crippen molar-refractivity contribution in [2.24, 2.45) is 0 Å². The molecule has 406 valence electrons. The second-order valence-electron chi connectivity index (χ2n) is 24.8. The van der Waals surface area contributed by atoms with Gasteiger partial charge in [0.1, 0.15) is 13.9 Å². The second kappa shape index (κ2) is 20.0. The van der Waals surface area contributed by atoms with Crippen molar-refractivity contribution >= 4 is 68.8 Å². The molecule has 4 heterocycles. The summed E-state index contributed by atoms with van der Waals surface area (Å²) in [6.45, 7) is 26.4. The van der Waals surface area contributed by atoms with Crippen molar-refractivity contribution in [2.45, 2.75) is 92.4 Å². The number of pyridine rings is 1. The molecule has 3 aliphatic rings. The summed E-state index contributed by atoms with van der Waals surface area (Å²) >= 11 is 0. The van der Waals surface area contributed by atoms with Crippen LogP contribution in [-0.2, 0) is 37.3 Å². The fourth-order valence-electron chi connectivity index (χ4n) is 12.1. The second-order valence-corrected chi connectivity index (χ2v) is 28.4. The smallest absolute Gasteiger partial charge is 0.135 e. The molecular weight excluding hydrogens is 1180 g/mol. The number of anilines is 7. The maximum atomic E-state index is 9.33. The van der Waals surface area contributed by atoms with Gasteiger partial charge in [-0.05, 0) is 115 Å². The molecule has 0 saturated carbocycles. The summed E-state index contributed by atoms with van der Waals surface area (Å²) in [5.74, 6) is 1.81. The quantitative estimate of drug-likeness (QED) is 0.117. The number of nitrogens with zero attached hydrogens (tertiary/aromatic N) is 4. The SMILES string of the molecule is [2H]c1c([2H])c([2H])c(-c2cccc(-c3cc(C(C)(C)C)cc(C(C)(C)C)c3)c2N2[CH-]N(c3[c-]c(Oc4[c-]c5c(cc4)[Si]4(c6cc(C)ccc6-c6ccc(C)cc64)c4ccccc4N5c4cc(C(C)(C)C)ccn4)ccc3)c3ccccc32)c([2H])c1[2H].[Pt]. The largest absolute Gasteiger partial charge is 0.509 e. The number of benzene rings is 9. The van der Waals surface area contributed by atoms with Gasteiger partial charge < -0.3 is 19.4 Å². The summed E-state index contributed by atoms with van der Waals surface area (Å²) in [5.41, 5.74) is 15.4. The Labute approximate surface area is 502 Å². The van der Waals surface area contributed by atoms with Crippen molar-refractivity contribution < 1.29 is 32.7 Å². The van der Waals surface area contributed by atoms with Crippen LogP contribution in [0.15, 0.2) is 200 Å². The number of ether oxygens (including phenoxy) is 1. The summed E-state index contributed by atoms with van der Waals surface area (Å²) in [6.07, 6.45) is 1.92. The summed E-state index contributed by atoms with van der Waals surface area (Å²) < 4.78 is 51.9. The molecule has 0 N–H and O–H groups in total. The van der Waals surface area contributed by atoms with E-state index in [1.807, 2.05) is 55.3 Å². The number of aryl methyl sites for hydroxylation is 2. The predicted octanol–water partition coefficient (Wildman–Crippen LogP) is 16.9. The van der Waals surface area contributed by atoms with Crippen molar-refractivity contribution in [3.8, 4) is 44.9 Å². The van der Waals surface area contributed by atoms with E-state index in [0.717, 1.165) is 50.8 Å². The van der Waals surface area contributed by atoms with Crippen LogP contribution in [0.2, 0.25) is 0 Å². The van der Waals surface area contributed by atoms with Gasteiger partial charge in [0.2, 0.25) is 0 Å². The van der Waals surface area contributed by atoms with Crippen LogP contribution in [0.4, 0.5) is 39.9 Å². The van der Waals surface area contributed by atoms with Gasteiger partial charge in [-0.25, -0.2) is 4.98 Å². The zero-order valence-electron chi connectivity index (χ0n) is 52.8. The van der Waals surface area contributed by atoms with Gasteiger partial charge >= 0.3 is 0 Å². The molecule has 0 unspecified atom stereocenters. The fourth-order valence-corrected chi connectivity index (χ4v) is 17.8. The van der Waals surface area contributed by atoms with Crippen molar-refractivity contribution in [1.82, 2.24) is 4.98 Å². The van der Waals surface area contributed by atoms with Crippen molar-refractivity contribution in [3.05, 3.63) is 247 Å². The average Bonchev–Trinajstić information content (AvgIpc) is 1.43. The van der Waals surface area contributed by atoms with Crippen LogP contribution in [0.5, 0.6) is 11.5 Å². The normalized spacial score (nSPS) is 14.9. The van der Waals surface area contributed by atoms with E-state index in [1.54, 1.807) is 0 Å². The van der Waals surface area contributed by atoms with Gasteiger partial charge in [-0.1, -0.05) is 212 Å². The number of aromatic nitrogens is 1. The Hall–Kier alpha value is -7.76. The molecule has 13 rings (SSSR count). The van der Waals surface area contributed by atoms with Gasteiger partial charge in [0.05, 0.1) is 6.85 Å². The van der Waals surface area contributed by atoms with Gasteiger partial charge in [-0.15, -0.1) is 47.9 Å². The first-order valence-electron chi connectivity index (χ1n) is 30.2. The maximum Gasteiger partial charge on any atom is 0.135 e. The summed E-state index contributed by atoms with van der Waals surface area (Å²) in [7, 11) is -3.02. The molecule has 0 amide bonds. The van der Waals surface area contributed by atoms with Gasteiger partial charge in [0, 0.05) is 72.6 Å². The average molecular weight is 1260 g/mol. The van der Waals surface area contributed by atoms with Crippen LogP contribution >= 0.6 is 0 Å². The predicted molar refractivity (Wildman–Crippen MR) is 337 cm³/mol. The zero-order valence-corrected chi connectivity index (χ0v) is 51.0. The molecule has 7 heteroatoms. The van der Waals surface area contributed by atoms with E-state index in [1.165, 1.54) is 48.6 Å². The van der Waals surface area contributed by atoms with Crippen LogP contribution in [0.1, 0.15) is 97.0 Å². The number of fused-ring (bicyclic) bond motifs is 10. The van der Waals surface area contributed by atoms with Crippen LogP contribution in [0.3, 0.4) is 0 Å². The monoisotopic (exact) mass is 1260 g/mol. The molecule has 0 fully saturated rings. The number of hydrogen-bond acceptors (Lipinski definition) is 5. The Morgan fingerprint density at radius 1 is 0.494 bits per heavy atom. The molecule has 0 aliphatic carbocycles. The zero-order chi connectivity index (χ0) is 59.8. The van der Waals surface area contributed by atoms with E-state index < -0.39 is 26.2 Å². The number of para-hydroxylation sites is 4. The van der Waals surface area contributed by atoms with E-state index in [0.29, 0.717) is 28.4 Å². The molecule has 10 aromatic rings. The minimum Gasteiger partial charge on any atom is -0.509 e. The summed E-state index contributed by atoms with van der Waals surface area (Å²) in [6, 6.07) is 64.0. The Bertz CT molecular complexity index is 4300. The van der Waals surface area contributed by atoms with Gasteiger partial charge in [-0.2, -0.15) is 12.1 Å². The summed E-state index contributed by atoms with van der Waals surface area (Å²) in [4.78, 5) is 11.6. The number of hydrogen-bond donors (Lipinski definition) is 0. The molecule has 5 nitrogen and oxygen atoms in total. The van der Waals surface area contributed by atoms with Crippen molar-refractivity contribution in [2.75, 3.05) is 14.7 Å². The minimum atomic E-state index is -3.02. The standard InChI is InChI=1S/C74H67N4OSi.Pt/c1-48-31-34-60-61-35-32-49(2)40-69(61)80(68(60)39-48)66-30-18-17-29-64(66)78(70-44-52(37-38-75-70)72(3,4)5)65-46-57(33-36-67(65)80)79-56-24-19-23-55(45-56)76-47-77(63-28-16-15-27-62(63)76)71-58(50-21-13-12-14-22-50)25-20-26-59(71)51-41-53(73(6,7)8)43-54(42-51)74(9,10)11;/h12-44,47H,1-11H3;/q-3;/i12D,13D,14D,21D,22D;. The van der Waals surface area contributed by atoms with E-state index in [4.69, 9.17) is 13.8 Å².